The van der Waals surface area contributed by atoms with Crippen LogP contribution >= 0.6 is 0 Å². The van der Waals surface area contributed by atoms with Crippen molar-refractivity contribution in [1.82, 2.24) is 0 Å². The van der Waals surface area contributed by atoms with Crippen LogP contribution in [0.5, 0.6) is 0 Å². The van der Waals surface area contributed by atoms with E-state index in [2.05, 4.69) is 6.58 Å². The first-order chi connectivity index (χ1) is 8.60. The Morgan fingerprint density at radius 2 is 1.56 bits per heavy atom. The molecule has 0 saturated heterocycles. The second kappa shape index (κ2) is 9.27. The monoisotopic (exact) mass is 276 g/mol. The second-order valence-electron chi connectivity index (χ2n) is 3.44. The third-order valence-electron chi connectivity index (χ3n) is 2.23. The fraction of sp³-hybridized carbons (Fsp3) is 0.750. The number of carbonyl (C=O) groups excluding carboxylic acids is 1. The highest BCUT2D eigenvalue weighted by atomic mass is 28.4. The standard InChI is InChI=1S/C12H24O5Si/c1-6-11(13)17-12(7-2)18(14-8-3,15-9-4)16-10-5/h6,12H,1,7-10H2,2-5H3. The predicted octanol–water partition coefficient (Wildman–Crippen LogP) is 2.08. The van der Waals surface area contributed by atoms with E-state index < -0.39 is 20.5 Å². The van der Waals surface area contributed by atoms with E-state index in [-0.39, 0.29) is 0 Å². The Hall–Kier alpha value is -0.693. The summed E-state index contributed by atoms with van der Waals surface area (Å²) in [4.78, 5) is 11.4. The lowest BCUT2D eigenvalue weighted by atomic mass is 10.5. The molecule has 6 heteroatoms. The smallest absolute Gasteiger partial charge is 0.455 e. The van der Waals surface area contributed by atoms with Crippen molar-refractivity contribution in [1.29, 1.82) is 0 Å². The minimum Gasteiger partial charge on any atom is -0.455 e. The summed E-state index contributed by atoms with van der Waals surface area (Å²) in [6, 6.07) is 0. The Labute approximate surface area is 110 Å². The maximum absolute atomic E-state index is 11.4. The van der Waals surface area contributed by atoms with Gasteiger partial charge in [-0.3, -0.25) is 0 Å². The molecule has 0 amide bonds. The minimum absolute atomic E-state index is 0.453. The number of ether oxygens (including phenoxy) is 1. The van der Waals surface area contributed by atoms with Gasteiger partial charge >= 0.3 is 14.8 Å². The van der Waals surface area contributed by atoms with Gasteiger partial charge in [-0.1, -0.05) is 13.5 Å². The molecule has 106 valence electrons. The van der Waals surface area contributed by atoms with E-state index in [1.54, 1.807) is 0 Å². The van der Waals surface area contributed by atoms with Crippen LogP contribution in [0, 0.1) is 0 Å². The van der Waals surface area contributed by atoms with Crippen molar-refractivity contribution < 1.29 is 22.8 Å². The van der Waals surface area contributed by atoms with Crippen molar-refractivity contribution in [2.24, 2.45) is 0 Å². The molecule has 0 aliphatic carbocycles. The van der Waals surface area contributed by atoms with Gasteiger partial charge < -0.3 is 18.0 Å². The van der Waals surface area contributed by atoms with Crippen molar-refractivity contribution in [3.63, 3.8) is 0 Å². The Balaban J connectivity index is 5.04. The van der Waals surface area contributed by atoms with Crippen molar-refractivity contribution in [2.75, 3.05) is 19.8 Å². The number of hydrogen-bond acceptors (Lipinski definition) is 5. The first kappa shape index (κ1) is 17.3. The van der Waals surface area contributed by atoms with E-state index in [1.165, 1.54) is 0 Å². The summed E-state index contributed by atoms with van der Waals surface area (Å²) >= 11 is 0. The number of rotatable bonds is 10. The minimum atomic E-state index is -2.99. The molecule has 0 N–H and O–H groups in total. The maximum Gasteiger partial charge on any atom is 0.544 e. The largest absolute Gasteiger partial charge is 0.544 e. The highest BCUT2D eigenvalue weighted by molar-refractivity contribution is 6.62. The molecule has 0 rings (SSSR count). The van der Waals surface area contributed by atoms with Crippen LogP contribution in [0.4, 0.5) is 0 Å². The van der Waals surface area contributed by atoms with E-state index in [0.29, 0.717) is 26.2 Å². The summed E-state index contributed by atoms with van der Waals surface area (Å²) in [7, 11) is -2.99. The molecule has 18 heavy (non-hydrogen) atoms. The van der Waals surface area contributed by atoms with Crippen molar-refractivity contribution in [3.8, 4) is 0 Å². The first-order valence-electron chi connectivity index (χ1n) is 6.34. The van der Waals surface area contributed by atoms with Gasteiger partial charge in [0.1, 0.15) is 0 Å². The summed E-state index contributed by atoms with van der Waals surface area (Å²) in [6.45, 7) is 12.2. The second-order valence-corrected chi connectivity index (χ2v) is 6.16. The molecule has 0 bridgehead atoms. The molecular formula is C12H24O5Si. The highest BCUT2D eigenvalue weighted by Gasteiger charge is 2.51. The first-order valence-corrected chi connectivity index (χ1v) is 8.15. The average molecular weight is 276 g/mol. The van der Waals surface area contributed by atoms with E-state index >= 15 is 0 Å². The topological polar surface area (TPSA) is 54.0 Å². The summed E-state index contributed by atoms with van der Waals surface area (Å²) in [5, 5.41) is 0. The van der Waals surface area contributed by atoms with Crippen LogP contribution in [0.15, 0.2) is 12.7 Å². The lowest BCUT2D eigenvalue weighted by Gasteiger charge is -2.33. The van der Waals surface area contributed by atoms with Gasteiger partial charge in [0.2, 0.25) is 0 Å². The van der Waals surface area contributed by atoms with E-state index in [4.69, 9.17) is 18.0 Å². The van der Waals surface area contributed by atoms with E-state index in [9.17, 15) is 4.79 Å². The molecular weight excluding hydrogens is 252 g/mol. The van der Waals surface area contributed by atoms with Crippen LogP contribution in [0.3, 0.4) is 0 Å². The van der Waals surface area contributed by atoms with Gasteiger partial charge in [-0.25, -0.2) is 4.79 Å². The molecule has 0 aromatic heterocycles. The zero-order valence-corrected chi connectivity index (χ0v) is 12.7. The van der Waals surface area contributed by atoms with Gasteiger partial charge in [-0.05, 0) is 27.2 Å². The molecule has 0 heterocycles. The Kier molecular flexibility index (Phi) is 8.91. The van der Waals surface area contributed by atoms with Crippen LogP contribution < -0.4 is 0 Å². The Bertz CT molecular complexity index is 240. The van der Waals surface area contributed by atoms with Crippen LogP contribution in [0.2, 0.25) is 0 Å². The molecule has 1 unspecified atom stereocenters. The SMILES string of the molecule is C=CC(=O)OC(CC)[Si](OCC)(OCC)OCC. The molecule has 0 aromatic carbocycles. The van der Waals surface area contributed by atoms with Crippen molar-refractivity contribution in [2.45, 2.75) is 39.8 Å². The third kappa shape index (κ3) is 4.89. The van der Waals surface area contributed by atoms with Gasteiger partial charge in [0.25, 0.3) is 0 Å². The number of carbonyl (C=O) groups is 1. The van der Waals surface area contributed by atoms with Crippen LogP contribution in [-0.4, -0.2) is 40.3 Å². The van der Waals surface area contributed by atoms with Crippen molar-refractivity contribution in [3.05, 3.63) is 12.7 Å². The van der Waals surface area contributed by atoms with Crippen LogP contribution in [0.25, 0.3) is 0 Å². The molecule has 0 aliphatic rings. The highest BCUT2D eigenvalue weighted by Crippen LogP contribution is 2.21. The fourth-order valence-corrected chi connectivity index (χ4v) is 4.38. The lowest BCUT2D eigenvalue weighted by molar-refractivity contribution is -0.143. The molecule has 0 radical (unpaired) electrons. The van der Waals surface area contributed by atoms with Gasteiger partial charge in [0.05, 0.1) is 0 Å². The van der Waals surface area contributed by atoms with Gasteiger partial charge in [0, 0.05) is 25.9 Å². The van der Waals surface area contributed by atoms with Crippen molar-refractivity contribution >= 4 is 14.8 Å². The molecule has 0 aliphatic heterocycles. The zero-order chi connectivity index (χ0) is 14.0. The zero-order valence-electron chi connectivity index (χ0n) is 11.7. The normalized spacial score (nSPS) is 13.1. The lowest BCUT2D eigenvalue weighted by Crippen LogP contribution is -2.57. The third-order valence-corrected chi connectivity index (χ3v) is 5.61. The fourth-order valence-electron chi connectivity index (χ4n) is 1.60. The molecule has 0 saturated carbocycles. The predicted molar refractivity (Wildman–Crippen MR) is 71.0 cm³/mol. The number of esters is 1. The van der Waals surface area contributed by atoms with Crippen LogP contribution in [0.1, 0.15) is 34.1 Å². The number of hydrogen-bond donors (Lipinski definition) is 0. The van der Waals surface area contributed by atoms with Crippen LogP contribution in [-0.2, 0) is 22.8 Å². The summed E-state index contributed by atoms with van der Waals surface area (Å²) < 4.78 is 22.4. The van der Waals surface area contributed by atoms with E-state index in [1.807, 2.05) is 27.7 Å². The Morgan fingerprint density at radius 3 is 1.83 bits per heavy atom. The molecule has 0 aromatic rings. The summed E-state index contributed by atoms with van der Waals surface area (Å²) in [5.74, 6) is -0.488. The molecule has 1 atom stereocenters. The van der Waals surface area contributed by atoms with Gasteiger partial charge in [0.15, 0.2) is 5.73 Å². The Morgan fingerprint density at radius 1 is 1.11 bits per heavy atom. The molecule has 5 nitrogen and oxygen atoms in total. The summed E-state index contributed by atoms with van der Waals surface area (Å²) in [5.41, 5.74) is -0.497. The molecule has 0 spiro atoms. The molecule has 0 fully saturated rings. The quantitative estimate of drug-likeness (QED) is 0.347. The maximum atomic E-state index is 11.4. The average Bonchev–Trinajstić information content (AvgIpc) is 2.36. The van der Waals surface area contributed by atoms with Gasteiger partial charge in [-0.15, -0.1) is 0 Å². The van der Waals surface area contributed by atoms with Gasteiger partial charge in [-0.2, -0.15) is 0 Å². The summed E-state index contributed by atoms with van der Waals surface area (Å²) in [6.07, 6.45) is 1.71. The van der Waals surface area contributed by atoms with E-state index in [0.717, 1.165) is 6.08 Å².